The smallest absolute Gasteiger partial charge is 0.119 e. The van der Waals surface area contributed by atoms with E-state index >= 15 is 0 Å². The number of rotatable bonds is 9. The van der Waals surface area contributed by atoms with Gasteiger partial charge in [0.05, 0.1) is 13.2 Å². The molecule has 0 atom stereocenters. The molecule has 0 heterocycles. The lowest BCUT2D eigenvalue weighted by Crippen LogP contribution is -2.17. The first-order valence-corrected chi connectivity index (χ1v) is 6.40. The maximum atomic E-state index is 8.66. The van der Waals surface area contributed by atoms with E-state index in [9.17, 15) is 0 Å². The molecule has 0 saturated carbocycles. The Morgan fingerprint density at radius 2 is 1.94 bits per heavy atom. The van der Waals surface area contributed by atoms with Gasteiger partial charge in [0.2, 0.25) is 0 Å². The van der Waals surface area contributed by atoms with Gasteiger partial charge in [-0.2, -0.15) is 0 Å². The van der Waals surface area contributed by atoms with E-state index in [0.29, 0.717) is 6.54 Å². The van der Waals surface area contributed by atoms with Gasteiger partial charge in [-0.05, 0) is 38.2 Å². The van der Waals surface area contributed by atoms with Gasteiger partial charge in [0.15, 0.2) is 0 Å². The molecule has 102 valence electrons. The van der Waals surface area contributed by atoms with Gasteiger partial charge in [0.25, 0.3) is 0 Å². The highest BCUT2D eigenvalue weighted by Gasteiger charge is 1.96. The summed E-state index contributed by atoms with van der Waals surface area (Å²) < 4.78 is 5.65. The highest BCUT2D eigenvalue weighted by Crippen LogP contribution is 2.12. The Morgan fingerprint density at radius 1 is 1.22 bits per heavy atom. The number of hydrogen-bond donors (Lipinski definition) is 2. The van der Waals surface area contributed by atoms with Gasteiger partial charge in [0.1, 0.15) is 5.75 Å². The van der Waals surface area contributed by atoms with Crippen LogP contribution in [0.1, 0.15) is 12.0 Å². The zero-order valence-corrected chi connectivity index (χ0v) is 11.4. The predicted molar refractivity (Wildman–Crippen MR) is 73.9 cm³/mol. The molecule has 0 spiro atoms. The Bertz CT molecular complexity index is 312. The van der Waals surface area contributed by atoms with E-state index in [-0.39, 0.29) is 6.61 Å². The molecular formula is C14H24N2O2. The van der Waals surface area contributed by atoms with E-state index in [4.69, 9.17) is 9.84 Å². The number of ether oxygens (including phenoxy) is 1. The van der Waals surface area contributed by atoms with Crippen LogP contribution >= 0.6 is 0 Å². The summed E-state index contributed by atoms with van der Waals surface area (Å²) in [6.07, 6.45) is 1.03. The number of aliphatic hydroxyl groups excluding tert-OH is 1. The Kier molecular flexibility index (Phi) is 7.41. The molecule has 4 heteroatoms. The van der Waals surface area contributed by atoms with Gasteiger partial charge in [-0.15, -0.1) is 0 Å². The molecule has 2 N–H and O–H groups in total. The van der Waals surface area contributed by atoms with Gasteiger partial charge >= 0.3 is 0 Å². The zero-order valence-electron chi connectivity index (χ0n) is 11.4. The lowest BCUT2D eigenvalue weighted by atomic mass is 10.2. The number of nitrogens with zero attached hydrogens (tertiary/aromatic N) is 1. The van der Waals surface area contributed by atoms with Gasteiger partial charge in [-0.3, -0.25) is 0 Å². The van der Waals surface area contributed by atoms with E-state index in [1.165, 1.54) is 5.56 Å². The van der Waals surface area contributed by atoms with Crippen LogP contribution in [-0.4, -0.2) is 50.4 Å². The molecule has 0 unspecified atom stereocenters. The largest absolute Gasteiger partial charge is 0.494 e. The molecule has 0 amide bonds. The minimum absolute atomic E-state index is 0.174. The second-order valence-corrected chi connectivity index (χ2v) is 4.55. The van der Waals surface area contributed by atoms with E-state index in [1.807, 2.05) is 24.3 Å². The lowest BCUT2D eigenvalue weighted by Gasteiger charge is -2.10. The predicted octanol–water partition coefficient (Wildman–Crippen LogP) is 1.10. The van der Waals surface area contributed by atoms with Crippen molar-refractivity contribution in [2.24, 2.45) is 0 Å². The maximum Gasteiger partial charge on any atom is 0.119 e. The van der Waals surface area contributed by atoms with Crippen molar-refractivity contribution in [1.29, 1.82) is 0 Å². The minimum Gasteiger partial charge on any atom is -0.494 e. The number of aliphatic hydroxyl groups is 1. The van der Waals surface area contributed by atoms with Crippen LogP contribution in [0.15, 0.2) is 24.3 Å². The normalized spacial score (nSPS) is 10.9. The highest BCUT2D eigenvalue weighted by molar-refractivity contribution is 5.27. The lowest BCUT2D eigenvalue weighted by molar-refractivity contribution is 0.281. The second-order valence-electron chi connectivity index (χ2n) is 4.55. The van der Waals surface area contributed by atoms with Crippen molar-refractivity contribution in [2.75, 3.05) is 40.4 Å². The van der Waals surface area contributed by atoms with Crippen LogP contribution in [0.25, 0.3) is 0 Å². The summed E-state index contributed by atoms with van der Waals surface area (Å²) in [5.74, 6) is 0.916. The molecule has 0 saturated heterocycles. The third-order valence-electron chi connectivity index (χ3n) is 2.56. The van der Waals surface area contributed by atoms with Crippen LogP contribution in [0.5, 0.6) is 5.75 Å². The highest BCUT2D eigenvalue weighted by atomic mass is 16.5. The first kappa shape index (κ1) is 15.0. The summed E-state index contributed by atoms with van der Waals surface area (Å²) in [7, 11) is 4.13. The molecule has 0 aliphatic carbocycles. The molecule has 18 heavy (non-hydrogen) atoms. The standard InChI is InChI=1S/C14H24N2O2/c1-16(2)9-3-11-18-14-6-4-13(5-7-14)12-15-8-10-17/h4-7,15,17H,3,8-12H2,1-2H3. The zero-order chi connectivity index (χ0) is 13.2. The molecule has 1 aromatic rings. The summed E-state index contributed by atoms with van der Waals surface area (Å²) >= 11 is 0. The first-order chi connectivity index (χ1) is 8.72. The van der Waals surface area contributed by atoms with Crippen LogP contribution < -0.4 is 10.1 Å². The molecule has 4 nitrogen and oxygen atoms in total. The third kappa shape index (κ3) is 6.59. The Morgan fingerprint density at radius 3 is 2.56 bits per heavy atom. The molecule has 0 aliphatic heterocycles. The van der Waals surface area contributed by atoms with E-state index in [0.717, 1.165) is 31.9 Å². The summed E-state index contributed by atoms with van der Waals surface area (Å²) in [6.45, 7) is 3.38. The summed E-state index contributed by atoms with van der Waals surface area (Å²) in [5, 5.41) is 11.8. The van der Waals surface area contributed by atoms with E-state index < -0.39 is 0 Å². The van der Waals surface area contributed by atoms with Crippen LogP contribution in [0.2, 0.25) is 0 Å². The van der Waals surface area contributed by atoms with Crippen LogP contribution in [-0.2, 0) is 6.54 Å². The molecule has 0 bridgehead atoms. The van der Waals surface area contributed by atoms with Gasteiger partial charge in [-0.25, -0.2) is 0 Å². The van der Waals surface area contributed by atoms with Crippen molar-refractivity contribution < 1.29 is 9.84 Å². The SMILES string of the molecule is CN(C)CCCOc1ccc(CNCCO)cc1. The minimum atomic E-state index is 0.174. The monoisotopic (exact) mass is 252 g/mol. The Labute approximate surface area is 110 Å². The fraction of sp³-hybridized carbons (Fsp3) is 0.571. The molecule has 0 aromatic heterocycles. The van der Waals surface area contributed by atoms with E-state index in [1.54, 1.807) is 0 Å². The average molecular weight is 252 g/mol. The van der Waals surface area contributed by atoms with Crippen molar-refractivity contribution in [2.45, 2.75) is 13.0 Å². The molecule has 0 fully saturated rings. The number of nitrogens with one attached hydrogen (secondary N) is 1. The topological polar surface area (TPSA) is 44.7 Å². The van der Waals surface area contributed by atoms with Crippen molar-refractivity contribution in [3.63, 3.8) is 0 Å². The van der Waals surface area contributed by atoms with Gasteiger partial charge in [-0.1, -0.05) is 12.1 Å². The van der Waals surface area contributed by atoms with Gasteiger partial charge in [0, 0.05) is 19.6 Å². The van der Waals surface area contributed by atoms with Crippen molar-refractivity contribution in [1.82, 2.24) is 10.2 Å². The summed E-state index contributed by atoms with van der Waals surface area (Å²) in [6, 6.07) is 8.08. The van der Waals surface area contributed by atoms with Crippen molar-refractivity contribution in [3.05, 3.63) is 29.8 Å². The Hall–Kier alpha value is -1.10. The number of benzene rings is 1. The molecule has 0 aliphatic rings. The molecule has 1 aromatic carbocycles. The molecule has 1 rings (SSSR count). The van der Waals surface area contributed by atoms with Crippen LogP contribution in [0.4, 0.5) is 0 Å². The second kappa shape index (κ2) is 8.91. The fourth-order valence-electron chi connectivity index (χ4n) is 1.59. The quantitative estimate of drug-likeness (QED) is 0.646. The average Bonchev–Trinajstić information content (AvgIpc) is 2.36. The van der Waals surface area contributed by atoms with E-state index in [2.05, 4.69) is 24.3 Å². The molecular weight excluding hydrogens is 228 g/mol. The Balaban J connectivity index is 2.23. The van der Waals surface area contributed by atoms with Crippen LogP contribution in [0.3, 0.4) is 0 Å². The number of hydrogen-bond acceptors (Lipinski definition) is 4. The van der Waals surface area contributed by atoms with Gasteiger partial charge < -0.3 is 20.1 Å². The first-order valence-electron chi connectivity index (χ1n) is 6.40. The van der Waals surface area contributed by atoms with Crippen molar-refractivity contribution >= 4 is 0 Å². The molecule has 0 radical (unpaired) electrons. The maximum absolute atomic E-state index is 8.66. The van der Waals surface area contributed by atoms with Crippen LogP contribution in [0, 0.1) is 0 Å². The van der Waals surface area contributed by atoms with Crippen molar-refractivity contribution in [3.8, 4) is 5.75 Å². The summed E-state index contributed by atoms with van der Waals surface area (Å²) in [5.41, 5.74) is 1.20. The third-order valence-corrected chi connectivity index (χ3v) is 2.56. The summed E-state index contributed by atoms with van der Waals surface area (Å²) in [4.78, 5) is 2.15. The fourth-order valence-corrected chi connectivity index (χ4v) is 1.59.